The zero-order valence-corrected chi connectivity index (χ0v) is 16.0. The van der Waals surface area contributed by atoms with Crippen LogP contribution in [0.15, 0.2) is 34.9 Å². The number of carbonyl (C=O) groups excluding carboxylic acids is 2. The number of nitrogens with one attached hydrogen (secondary N) is 1. The van der Waals surface area contributed by atoms with Crippen molar-refractivity contribution in [3.63, 3.8) is 0 Å². The molecule has 1 aromatic carbocycles. The first-order valence-corrected chi connectivity index (χ1v) is 10.2. The number of rotatable bonds is 5. The second-order valence-corrected chi connectivity index (χ2v) is 7.67. The highest BCUT2D eigenvalue weighted by Gasteiger charge is 2.38. The Morgan fingerprint density at radius 1 is 1.07 bits per heavy atom. The number of amides is 2. The van der Waals surface area contributed by atoms with Crippen molar-refractivity contribution in [2.24, 2.45) is 5.92 Å². The van der Waals surface area contributed by atoms with Gasteiger partial charge in [0, 0.05) is 24.7 Å². The van der Waals surface area contributed by atoms with Crippen molar-refractivity contribution >= 4 is 17.5 Å². The maximum atomic E-state index is 12.9. The largest absolute Gasteiger partial charge is 0.342 e. The highest BCUT2D eigenvalue weighted by Crippen LogP contribution is 2.38. The van der Waals surface area contributed by atoms with Crippen LogP contribution in [0.3, 0.4) is 0 Å². The standard InChI is InChI=1S/C21H26N4O3/c26-19(22-15-8-2-1-3-9-15)14-18-23-20(28-24-18)16-10-4-5-11-17(16)21(27)25-12-6-7-13-25/h1-3,8-9,16-17H,4-7,10-14H2,(H,22,26)/t16-,17-/m1/s1. The van der Waals surface area contributed by atoms with Crippen molar-refractivity contribution < 1.29 is 14.1 Å². The lowest BCUT2D eigenvalue weighted by Crippen LogP contribution is -2.38. The van der Waals surface area contributed by atoms with Crippen LogP contribution in [0.5, 0.6) is 0 Å². The van der Waals surface area contributed by atoms with E-state index in [0.29, 0.717) is 11.7 Å². The Kier molecular flexibility index (Phi) is 5.69. The molecule has 7 nitrogen and oxygen atoms in total. The van der Waals surface area contributed by atoms with Gasteiger partial charge in [0.15, 0.2) is 5.82 Å². The summed E-state index contributed by atoms with van der Waals surface area (Å²) in [6.45, 7) is 1.72. The fourth-order valence-corrected chi connectivity index (χ4v) is 4.25. The molecule has 1 saturated heterocycles. The zero-order valence-electron chi connectivity index (χ0n) is 16.0. The van der Waals surface area contributed by atoms with E-state index in [9.17, 15) is 9.59 Å². The van der Waals surface area contributed by atoms with E-state index < -0.39 is 0 Å². The van der Waals surface area contributed by atoms with Gasteiger partial charge in [-0.15, -0.1) is 0 Å². The number of nitrogens with zero attached hydrogens (tertiary/aromatic N) is 3. The van der Waals surface area contributed by atoms with Crippen molar-refractivity contribution in [3.8, 4) is 0 Å². The summed E-state index contributed by atoms with van der Waals surface area (Å²) in [5.74, 6) is 0.773. The summed E-state index contributed by atoms with van der Waals surface area (Å²) in [4.78, 5) is 31.6. The minimum Gasteiger partial charge on any atom is -0.342 e. The lowest BCUT2D eigenvalue weighted by atomic mass is 9.78. The average molecular weight is 382 g/mol. The van der Waals surface area contributed by atoms with E-state index in [1.165, 1.54) is 0 Å². The molecule has 1 aliphatic heterocycles. The highest BCUT2D eigenvalue weighted by atomic mass is 16.5. The van der Waals surface area contributed by atoms with E-state index in [2.05, 4.69) is 15.5 Å². The van der Waals surface area contributed by atoms with E-state index in [0.717, 1.165) is 57.3 Å². The lowest BCUT2D eigenvalue weighted by Gasteiger charge is -2.31. The van der Waals surface area contributed by atoms with Gasteiger partial charge in [0.05, 0.1) is 12.3 Å². The second kappa shape index (κ2) is 8.54. The third-order valence-corrected chi connectivity index (χ3v) is 5.68. The summed E-state index contributed by atoms with van der Waals surface area (Å²) in [6, 6.07) is 9.28. The molecule has 0 spiro atoms. The van der Waals surface area contributed by atoms with Gasteiger partial charge in [-0.1, -0.05) is 36.2 Å². The molecule has 2 heterocycles. The van der Waals surface area contributed by atoms with Gasteiger partial charge in [-0.3, -0.25) is 9.59 Å². The second-order valence-electron chi connectivity index (χ2n) is 7.67. The SMILES string of the molecule is O=C(Cc1noc([C@@H]2CCCC[C@H]2C(=O)N2CCCC2)n1)Nc1ccccc1. The van der Waals surface area contributed by atoms with Crippen molar-refractivity contribution in [2.45, 2.75) is 50.9 Å². The topological polar surface area (TPSA) is 88.3 Å². The predicted molar refractivity (Wildman–Crippen MR) is 104 cm³/mol. The average Bonchev–Trinajstić information content (AvgIpc) is 3.40. The van der Waals surface area contributed by atoms with E-state index in [1.54, 1.807) is 0 Å². The fourth-order valence-electron chi connectivity index (χ4n) is 4.25. The van der Waals surface area contributed by atoms with Crippen molar-refractivity contribution in [1.29, 1.82) is 0 Å². The van der Waals surface area contributed by atoms with Crippen molar-refractivity contribution in [1.82, 2.24) is 15.0 Å². The molecule has 4 rings (SSSR count). The normalized spacial score (nSPS) is 22.2. The van der Waals surface area contributed by atoms with Gasteiger partial charge in [-0.05, 0) is 37.8 Å². The molecule has 7 heteroatoms. The third-order valence-electron chi connectivity index (χ3n) is 5.68. The maximum absolute atomic E-state index is 12.9. The van der Waals surface area contributed by atoms with Gasteiger partial charge in [0.25, 0.3) is 0 Å². The summed E-state index contributed by atoms with van der Waals surface area (Å²) >= 11 is 0. The van der Waals surface area contributed by atoms with Gasteiger partial charge in [-0.2, -0.15) is 4.98 Å². The Bertz CT molecular complexity index is 814. The van der Waals surface area contributed by atoms with Gasteiger partial charge >= 0.3 is 0 Å². The number of hydrogen-bond donors (Lipinski definition) is 1. The van der Waals surface area contributed by atoms with E-state index in [-0.39, 0.29) is 30.1 Å². The number of carbonyl (C=O) groups is 2. The Hall–Kier alpha value is -2.70. The van der Waals surface area contributed by atoms with Gasteiger partial charge < -0.3 is 14.7 Å². The van der Waals surface area contributed by atoms with Crippen LogP contribution in [0.1, 0.15) is 56.2 Å². The van der Waals surface area contributed by atoms with E-state index in [1.807, 2.05) is 35.2 Å². The summed E-state index contributed by atoms with van der Waals surface area (Å²) in [7, 11) is 0. The molecule has 1 aromatic heterocycles. The Morgan fingerprint density at radius 2 is 1.82 bits per heavy atom. The molecule has 1 N–H and O–H groups in total. The number of likely N-dealkylation sites (tertiary alicyclic amines) is 1. The van der Waals surface area contributed by atoms with Crippen molar-refractivity contribution in [2.75, 3.05) is 18.4 Å². The number of benzene rings is 1. The quantitative estimate of drug-likeness (QED) is 0.858. The third kappa shape index (κ3) is 4.24. The first-order valence-electron chi connectivity index (χ1n) is 10.2. The zero-order chi connectivity index (χ0) is 19.3. The molecular formula is C21H26N4O3. The predicted octanol–water partition coefficient (Wildman–Crippen LogP) is 3.15. The molecule has 1 saturated carbocycles. The molecule has 2 atom stereocenters. The lowest BCUT2D eigenvalue weighted by molar-refractivity contribution is -0.136. The maximum Gasteiger partial charge on any atom is 0.232 e. The smallest absolute Gasteiger partial charge is 0.232 e. The molecule has 1 aliphatic carbocycles. The Labute approximate surface area is 164 Å². The first kappa shape index (κ1) is 18.7. The molecule has 0 unspecified atom stereocenters. The monoisotopic (exact) mass is 382 g/mol. The number of anilines is 1. The first-order chi connectivity index (χ1) is 13.7. The van der Waals surface area contributed by atoms with Crippen LogP contribution in [0.4, 0.5) is 5.69 Å². The van der Waals surface area contributed by atoms with Crippen LogP contribution in [0.2, 0.25) is 0 Å². The minimum atomic E-state index is -0.188. The molecular weight excluding hydrogens is 356 g/mol. The van der Waals surface area contributed by atoms with Crippen LogP contribution in [0.25, 0.3) is 0 Å². The summed E-state index contributed by atoms with van der Waals surface area (Å²) in [5, 5.41) is 6.81. The van der Waals surface area contributed by atoms with Crippen LogP contribution in [-0.2, 0) is 16.0 Å². The van der Waals surface area contributed by atoms with Gasteiger partial charge in [-0.25, -0.2) is 0 Å². The van der Waals surface area contributed by atoms with Gasteiger partial charge in [0.1, 0.15) is 0 Å². The molecule has 0 bridgehead atoms. The van der Waals surface area contributed by atoms with Crippen molar-refractivity contribution in [3.05, 3.63) is 42.0 Å². The summed E-state index contributed by atoms with van der Waals surface area (Å²) < 4.78 is 5.49. The van der Waals surface area contributed by atoms with Crippen LogP contribution in [-0.4, -0.2) is 39.9 Å². The molecule has 28 heavy (non-hydrogen) atoms. The number of hydrogen-bond acceptors (Lipinski definition) is 5. The Morgan fingerprint density at radius 3 is 2.61 bits per heavy atom. The van der Waals surface area contributed by atoms with Crippen LogP contribution in [0, 0.1) is 5.92 Å². The van der Waals surface area contributed by atoms with E-state index in [4.69, 9.17) is 4.52 Å². The molecule has 2 aliphatic rings. The Balaban J connectivity index is 1.41. The molecule has 2 amide bonds. The number of aromatic nitrogens is 2. The van der Waals surface area contributed by atoms with E-state index >= 15 is 0 Å². The minimum absolute atomic E-state index is 0.0414. The molecule has 148 valence electrons. The summed E-state index contributed by atoms with van der Waals surface area (Å²) in [5.41, 5.74) is 0.736. The molecule has 2 fully saturated rings. The van der Waals surface area contributed by atoms with Crippen LogP contribution >= 0.6 is 0 Å². The fraction of sp³-hybridized carbons (Fsp3) is 0.524. The highest BCUT2D eigenvalue weighted by molar-refractivity contribution is 5.91. The molecule has 2 aromatic rings. The van der Waals surface area contributed by atoms with Crippen LogP contribution < -0.4 is 5.32 Å². The summed E-state index contributed by atoms with van der Waals surface area (Å²) in [6.07, 6.45) is 6.08. The number of para-hydroxylation sites is 1. The molecule has 0 radical (unpaired) electrons. The van der Waals surface area contributed by atoms with Gasteiger partial charge in [0.2, 0.25) is 17.7 Å².